The number of nitrogens with one attached hydrogen (secondary N) is 1. The molecule has 168 valence electrons. The van der Waals surface area contributed by atoms with Crippen LogP contribution in [0.3, 0.4) is 0 Å². The number of benzene rings is 3. The number of hydrogen-bond donors (Lipinski definition) is 3. The molecule has 0 atom stereocenters. The summed E-state index contributed by atoms with van der Waals surface area (Å²) in [7, 11) is 0. The molecule has 0 amide bonds. The van der Waals surface area contributed by atoms with Crippen molar-refractivity contribution in [1.29, 1.82) is 0 Å². The monoisotopic (exact) mass is 452 g/mol. The maximum absolute atomic E-state index is 12.9. The molecule has 0 aliphatic heterocycles. The van der Waals surface area contributed by atoms with E-state index in [9.17, 15) is 19.8 Å². The molecule has 1 heterocycles. The van der Waals surface area contributed by atoms with E-state index in [0.29, 0.717) is 23.4 Å². The second kappa shape index (κ2) is 8.32. The lowest BCUT2D eigenvalue weighted by Crippen LogP contribution is -2.14. The van der Waals surface area contributed by atoms with Crippen molar-refractivity contribution in [3.63, 3.8) is 0 Å². The Bertz CT molecular complexity index is 1560. The number of allylic oxidation sites excluding steroid dienone is 1. The second-order valence-electron chi connectivity index (χ2n) is 8.00. The summed E-state index contributed by atoms with van der Waals surface area (Å²) >= 11 is 0. The number of aromatic nitrogens is 2. The third kappa shape index (κ3) is 3.71. The molecule has 1 aliphatic rings. The van der Waals surface area contributed by atoms with Gasteiger partial charge in [-0.05, 0) is 54.3 Å². The highest BCUT2D eigenvalue weighted by Crippen LogP contribution is 2.40. The second-order valence-corrected chi connectivity index (χ2v) is 8.00. The number of nitrogens with zero attached hydrogens (tertiary/aromatic N) is 3. The van der Waals surface area contributed by atoms with Gasteiger partial charge in [0.1, 0.15) is 5.69 Å². The summed E-state index contributed by atoms with van der Waals surface area (Å²) in [6.07, 6.45) is 2.76. The van der Waals surface area contributed by atoms with E-state index in [4.69, 9.17) is 0 Å². The number of carbonyl (C=O) groups is 1. The number of azo groups is 1. The van der Waals surface area contributed by atoms with Crippen molar-refractivity contribution in [3.05, 3.63) is 105 Å². The van der Waals surface area contributed by atoms with Crippen LogP contribution in [0, 0.1) is 6.92 Å². The number of aryl methyl sites for hydroxylation is 1. The Morgan fingerprint density at radius 1 is 1.03 bits per heavy atom. The molecule has 0 unspecified atom stereocenters. The minimum absolute atomic E-state index is 0.00650. The number of phenolic OH excluding ortho intramolecular Hbond substituents is 1. The Kier molecular flexibility index (Phi) is 5.18. The number of fused-ring (bicyclic) bond motifs is 1. The summed E-state index contributed by atoms with van der Waals surface area (Å²) in [4.78, 5) is 24.2. The highest BCUT2D eigenvalue weighted by atomic mass is 16.4. The number of carboxylic acids is 1. The predicted octanol–water partition coefficient (Wildman–Crippen LogP) is 5.39. The average Bonchev–Trinajstić information content (AvgIpc) is 3.39. The molecule has 1 aliphatic carbocycles. The number of rotatable bonds is 5. The lowest BCUT2D eigenvalue weighted by molar-refractivity contribution is 0.0697. The van der Waals surface area contributed by atoms with Gasteiger partial charge < -0.3 is 10.2 Å². The van der Waals surface area contributed by atoms with Crippen molar-refractivity contribution in [2.24, 2.45) is 10.2 Å². The van der Waals surface area contributed by atoms with E-state index in [2.05, 4.69) is 21.4 Å². The number of aromatic hydroxyl groups is 1. The van der Waals surface area contributed by atoms with Gasteiger partial charge in [-0.2, -0.15) is 0 Å². The Balaban J connectivity index is 1.47. The van der Waals surface area contributed by atoms with E-state index in [1.54, 1.807) is 31.2 Å². The average molecular weight is 452 g/mol. The van der Waals surface area contributed by atoms with E-state index in [-0.39, 0.29) is 22.7 Å². The molecule has 8 heteroatoms. The summed E-state index contributed by atoms with van der Waals surface area (Å²) in [6.45, 7) is 1.67. The molecule has 5 rings (SSSR count). The molecule has 0 spiro atoms. The third-order valence-corrected chi connectivity index (χ3v) is 5.78. The first-order valence-corrected chi connectivity index (χ1v) is 10.6. The first-order chi connectivity index (χ1) is 16.4. The zero-order valence-electron chi connectivity index (χ0n) is 18.2. The molecular formula is C26H20N4O4. The highest BCUT2D eigenvalue weighted by Gasteiger charge is 2.18. The number of phenols is 1. The molecule has 8 nitrogen and oxygen atoms in total. The quantitative estimate of drug-likeness (QED) is 0.352. The largest absolute Gasteiger partial charge is 0.505 e. The standard InChI is InChI=1S/C26H20N4O4/c1-15-23(25(32)30(29-15)20-9-4-8-18(14-20)26(33)34)28-27-22-11-5-10-21(24(22)31)19-12-16-6-2-3-7-17(16)13-19/h2-12,14,29,31H,13H2,1H3,(H,33,34). The van der Waals surface area contributed by atoms with Crippen LogP contribution in [0.15, 0.2) is 81.8 Å². The van der Waals surface area contributed by atoms with Crippen molar-refractivity contribution in [2.45, 2.75) is 13.3 Å². The van der Waals surface area contributed by atoms with Gasteiger partial charge in [0.05, 0.1) is 16.9 Å². The zero-order chi connectivity index (χ0) is 23.8. The number of hydrogen-bond acceptors (Lipinski definition) is 5. The molecular weight excluding hydrogens is 432 g/mol. The minimum atomic E-state index is -1.09. The van der Waals surface area contributed by atoms with Gasteiger partial charge in [0.25, 0.3) is 5.56 Å². The molecule has 0 radical (unpaired) electrons. The lowest BCUT2D eigenvalue weighted by Gasteiger charge is -2.07. The molecule has 1 aromatic heterocycles. The van der Waals surface area contributed by atoms with Crippen LogP contribution in [0.1, 0.15) is 32.7 Å². The van der Waals surface area contributed by atoms with Crippen LogP contribution in [0.25, 0.3) is 17.3 Å². The van der Waals surface area contributed by atoms with Crippen LogP contribution >= 0.6 is 0 Å². The molecule has 34 heavy (non-hydrogen) atoms. The summed E-state index contributed by atoms with van der Waals surface area (Å²) in [5.74, 6) is -1.10. The number of carboxylic acid groups (broad SMARTS) is 1. The Labute approximate surface area is 194 Å². The van der Waals surface area contributed by atoms with Crippen molar-refractivity contribution in [2.75, 3.05) is 0 Å². The third-order valence-electron chi connectivity index (χ3n) is 5.78. The molecule has 0 fully saturated rings. The number of aromatic carboxylic acids is 1. The topological polar surface area (TPSA) is 120 Å². The van der Waals surface area contributed by atoms with Crippen molar-refractivity contribution in [1.82, 2.24) is 9.78 Å². The Hall–Kier alpha value is -4.72. The predicted molar refractivity (Wildman–Crippen MR) is 128 cm³/mol. The summed E-state index contributed by atoms with van der Waals surface area (Å²) in [5.41, 5.74) is 4.69. The van der Waals surface area contributed by atoms with Crippen molar-refractivity contribution < 1.29 is 15.0 Å². The SMILES string of the molecule is Cc1[nH]n(-c2cccc(C(=O)O)c2)c(=O)c1N=Nc1cccc(C2=Cc3ccccc3C2)c1O. The first-order valence-electron chi connectivity index (χ1n) is 10.6. The molecule has 0 saturated carbocycles. The van der Waals surface area contributed by atoms with E-state index < -0.39 is 11.5 Å². The molecule has 0 bridgehead atoms. The van der Waals surface area contributed by atoms with Gasteiger partial charge in [-0.1, -0.05) is 48.5 Å². The molecule has 3 N–H and O–H groups in total. The van der Waals surface area contributed by atoms with Crippen molar-refractivity contribution in [3.8, 4) is 11.4 Å². The smallest absolute Gasteiger partial charge is 0.335 e. The van der Waals surface area contributed by atoms with Gasteiger partial charge in [-0.15, -0.1) is 10.2 Å². The normalized spacial score (nSPS) is 12.7. The lowest BCUT2D eigenvalue weighted by atomic mass is 10.0. The summed E-state index contributed by atoms with van der Waals surface area (Å²) < 4.78 is 1.22. The van der Waals surface area contributed by atoms with E-state index in [1.807, 2.05) is 30.3 Å². The van der Waals surface area contributed by atoms with Gasteiger partial charge in [0, 0.05) is 5.56 Å². The Morgan fingerprint density at radius 3 is 2.62 bits per heavy atom. The number of aromatic amines is 1. The van der Waals surface area contributed by atoms with Gasteiger partial charge in [0.2, 0.25) is 0 Å². The molecule has 3 aromatic carbocycles. The fourth-order valence-electron chi connectivity index (χ4n) is 4.04. The fraction of sp³-hybridized carbons (Fsp3) is 0.0769. The van der Waals surface area contributed by atoms with Crippen LogP contribution in [0.2, 0.25) is 0 Å². The molecule has 4 aromatic rings. The number of H-pyrrole nitrogens is 1. The maximum atomic E-state index is 12.9. The highest BCUT2D eigenvalue weighted by molar-refractivity contribution is 5.91. The van der Waals surface area contributed by atoms with Crippen LogP contribution in [0.4, 0.5) is 11.4 Å². The fourth-order valence-corrected chi connectivity index (χ4v) is 4.04. The van der Waals surface area contributed by atoms with Gasteiger partial charge >= 0.3 is 5.97 Å². The number of para-hydroxylation sites is 1. The van der Waals surface area contributed by atoms with E-state index in [0.717, 1.165) is 11.1 Å². The van der Waals surface area contributed by atoms with Gasteiger partial charge in [-0.25, -0.2) is 9.48 Å². The van der Waals surface area contributed by atoms with Gasteiger partial charge in [0.15, 0.2) is 11.4 Å². The van der Waals surface area contributed by atoms with Crippen molar-refractivity contribution >= 4 is 29.0 Å². The summed E-state index contributed by atoms with van der Waals surface area (Å²) in [6, 6.07) is 19.3. The zero-order valence-corrected chi connectivity index (χ0v) is 18.2. The van der Waals surface area contributed by atoms with Crippen LogP contribution in [0.5, 0.6) is 5.75 Å². The van der Waals surface area contributed by atoms with Crippen LogP contribution in [-0.2, 0) is 6.42 Å². The molecule has 0 saturated heterocycles. The minimum Gasteiger partial charge on any atom is -0.505 e. The van der Waals surface area contributed by atoms with E-state index in [1.165, 1.54) is 22.4 Å². The first kappa shape index (κ1) is 21.1. The van der Waals surface area contributed by atoms with Crippen LogP contribution in [-0.4, -0.2) is 26.0 Å². The van der Waals surface area contributed by atoms with Gasteiger partial charge in [-0.3, -0.25) is 9.89 Å². The Morgan fingerprint density at radius 2 is 1.82 bits per heavy atom. The summed E-state index contributed by atoms with van der Waals surface area (Å²) in [5, 5.41) is 31.2. The van der Waals surface area contributed by atoms with E-state index >= 15 is 0 Å². The van der Waals surface area contributed by atoms with Crippen LogP contribution < -0.4 is 5.56 Å². The maximum Gasteiger partial charge on any atom is 0.335 e.